The Labute approximate surface area is 141 Å². The molecule has 6 nitrogen and oxygen atoms in total. The summed E-state index contributed by atoms with van der Waals surface area (Å²) < 4.78 is 0. The number of hydrogen-bond donors (Lipinski definition) is 0. The summed E-state index contributed by atoms with van der Waals surface area (Å²) >= 11 is 6.26. The minimum atomic E-state index is -0.407. The molecule has 1 aromatic rings. The quantitative estimate of drug-likeness (QED) is 0.623. The lowest BCUT2D eigenvalue weighted by atomic mass is 10.2. The molecule has 1 atom stereocenters. The maximum Gasteiger partial charge on any atom is 0.271 e. The Bertz CT molecular complexity index is 575. The average molecular weight is 339 g/mol. The van der Waals surface area contributed by atoms with Crippen molar-refractivity contribution in [1.29, 1.82) is 0 Å². The van der Waals surface area contributed by atoms with Gasteiger partial charge in [-0.25, -0.2) is 0 Å². The van der Waals surface area contributed by atoms with Crippen LogP contribution in [0.5, 0.6) is 0 Å². The first kappa shape index (κ1) is 16.5. The molecule has 0 radical (unpaired) electrons. The summed E-state index contributed by atoms with van der Waals surface area (Å²) in [6.07, 6.45) is 1.12. The molecule has 1 unspecified atom stereocenters. The summed E-state index contributed by atoms with van der Waals surface area (Å²) in [7, 11) is 0. The van der Waals surface area contributed by atoms with Gasteiger partial charge >= 0.3 is 0 Å². The topological polar surface area (TPSA) is 52.9 Å². The monoisotopic (exact) mass is 338 g/mol. The van der Waals surface area contributed by atoms with Crippen LogP contribution in [-0.4, -0.2) is 66.6 Å². The predicted octanol–water partition coefficient (Wildman–Crippen LogP) is 2.46. The third-order valence-electron chi connectivity index (χ3n) is 5.02. The van der Waals surface area contributed by atoms with Crippen molar-refractivity contribution in [2.24, 2.45) is 0 Å². The van der Waals surface area contributed by atoms with Crippen LogP contribution < -0.4 is 4.90 Å². The van der Waals surface area contributed by atoms with Gasteiger partial charge in [0.05, 0.1) is 15.6 Å². The second-order valence-corrected chi connectivity index (χ2v) is 6.66. The van der Waals surface area contributed by atoms with Gasteiger partial charge in [-0.15, -0.1) is 0 Å². The number of halogens is 1. The third kappa shape index (κ3) is 3.59. The lowest BCUT2D eigenvalue weighted by Crippen LogP contribution is -2.50. The number of nitro groups is 1. The molecule has 2 aliphatic heterocycles. The molecule has 2 heterocycles. The summed E-state index contributed by atoms with van der Waals surface area (Å²) in [5.74, 6) is 0. The van der Waals surface area contributed by atoms with Crippen molar-refractivity contribution < 1.29 is 4.92 Å². The maximum absolute atomic E-state index is 10.8. The lowest BCUT2D eigenvalue weighted by Gasteiger charge is -2.37. The van der Waals surface area contributed by atoms with Crippen molar-refractivity contribution in [2.75, 3.05) is 50.7 Å². The molecule has 1 aromatic carbocycles. The lowest BCUT2D eigenvalue weighted by molar-refractivity contribution is -0.384. The average Bonchev–Trinajstić information content (AvgIpc) is 3.04. The zero-order valence-electron chi connectivity index (χ0n) is 13.4. The molecule has 3 rings (SSSR count). The van der Waals surface area contributed by atoms with E-state index in [1.807, 2.05) is 0 Å². The number of piperazine rings is 1. The van der Waals surface area contributed by atoms with Crippen LogP contribution in [0.2, 0.25) is 5.02 Å². The second-order valence-electron chi connectivity index (χ2n) is 6.25. The Morgan fingerprint density at radius 3 is 2.61 bits per heavy atom. The predicted molar refractivity (Wildman–Crippen MR) is 92.4 cm³/mol. The van der Waals surface area contributed by atoms with Crippen LogP contribution in [0.15, 0.2) is 18.2 Å². The Hall–Kier alpha value is -1.37. The van der Waals surface area contributed by atoms with Gasteiger partial charge in [-0.1, -0.05) is 18.5 Å². The minimum absolute atomic E-state index is 0.0465. The molecule has 0 aliphatic carbocycles. The summed E-state index contributed by atoms with van der Waals surface area (Å²) in [6.45, 7) is 9.78. The number of likely N-dealkylation sites (N-methyl/N-ethyl adjacent to an activating group) is 1. The second kappa shape index (κ2) is 7.03. The summed E-state index contributed by atoms with van der Waals surface area (Å²) in [5.41, 5.74) is 0.956. The van der Waals surface area contributed by atoms with Gasteiger partial charge in [-0.3, -0.25) is 15.0 Å². The molecule has 0 spiro atoms. The molecule has 23 heavy (non-hydrogen) atoms. The van der Waals surface area contributed by atoms with E-state index in [0.29, 0.717) is 11.1 Å². The van der Waals surface area contributed by atoms with E-state index in [4.69, 9.17) is 11.6 Å². The molecule has 0 saturated carbocycles. The number of rotatable bonds is 4. The minimum Gasteiger partial charge on any atom is -0.369 e. The Balaban J connectivity index is 1.63. The van der Waals surface area contributed by atoms with Crippen molar-refractivity contribution in [3.8, 4) is 0 Å². The van der Waals surface area contributed by atoms with E-state index in [-0.39, 0.29) is 5.69 Å². The first-order chi connectivity index (χ1) is 11.1. The van der Waals surface area contributed by atoms with E-state index in [0.717, 1.165) is 57.9 Å². The fourth-order valence-electron chi connectivity index (χ4n) is 3.57. The van der Waals surface area contributed by atoms with Crippen molar-refractivity contribution in [3.63, 3.8) is 0 Å². The molecule has 0 amide bonds. The normalized spacial score (nSPS) is 23.4. The Morgan fingerprint density at radius 2 is 2.00 bits per heavy atom. The maximum atomic E-state index is 10.8. The zero-order chi connectivity index (χ0) is 16.4. The number of anilines is 1. The van der Waals surface area contributed by atoms with Crippen molar-refractivity contribution in [3.05, 3.63) is 33.3 Å². The fraction of sp³-hybridized carbons (Fsp3) is 0.625. The fourth-order valence-corrected chi connectivity index (χ4v) is 3.86. The summed E-state index contributed by atoms with van der Waals surface area (Å²) in [4.78, 5) is 17.7. The van der Waals surface area contributed by atoms with E-state index < -0.39 is 4.92 Å². The van der Waals surface area contributed by atoms with Crippen molar-refractivity contribution >= 4 is 23.0 Å². The highest BCUT2D eigenvalue weighted by Crippen LogP contribution is 2.32. The van der Waals surface area contributed by atoms with E-state index in [1.54, 1.807) is 6.07 Å². The van der Waals surface area contributed by atoms with Crippen LogP contribution in [0.3, 0.4) is 0 Å². The molecule has 0 N–H and O–H groups in total. The largest absolute Gasteiger partial charge is 0.369 e. The van der Waals surface area contributed by atoms with E-state index in [2.05, 4.69) is 21.6 Å². The highest BCUT2D eigenvalue weighted by atomic mass is 35.5. The SMILES string of the molecule is CCN1CCN(C2CCN(c3ccc([N+](=O)[O-])cc3Cl)C2)CC1. The van der Waals surface area contributed by atoms with Gasteiger partial charge < -0.3 is 9.80 Å². The summed E-state index contributed by atoms with van der Waals surface area (Å²) in [6, 6.07) is 5.32. The van der Waals surface area contributed by atoms with Gasteiger partial charge in [0.1, 0.15) is 0 Å². The standard InChI is InChI=1S/C16H23ClN4O2/c1-2-18-7-9-19(10-8-18)14-5-6-20(12-14)16-4-3-13(21(22)23)11-15(16)17/h3-4,11,14H,2,5-10,12H2,1H3. The number of benzene rings is 1. The highest BCUT2D eigenvalue weighted by Gasteiger charge is 2.30. The Morgan fingerprint density at radius 1 is 1.26 bits per heavy atom. The first-order valence-corrected chi connectivity index (χ1v) is 8.61. The van der Waals surface area contributed by atoms with Crippen LogP contribution in [0.4, 0.5) is 11.4 Å². The summed E-state index contributed by atoms with van der Waals surface area (Å²) in [5, 5.41) is 11.3. The number of nitrogens with zero attached hydrogens (tertiary/aromatic N) is 4. The van der Waals surface area contributed by atoms with E-state index in [1.165, 1.54) is 12.1 Å². The smallest absolute Gasteiger partial charge is 0.271 e. The number of nitro benzene ring substituents is 1. The van der Waals surface area contributed by atoms with E-state index in [9.17, 15) is 10.1 Å². The van der Waals surface area contributed by atoms with Crippen LogP contribution in [-0.2, 0) is 0 Å². The molecule has 7 heteroatoms. The van der Waals surface area contributed by atoms with Crippen molar-refractivity contribution in [1.82, 2.24) is 9.80 Å². The molecule has 0 aromatic heterocycles. The van der Waals surface area contributed by atoms with E-state index >= 15 is 0 Å². The van der Waals surface area contributed by atoms with Crippen LogP contribution in [0.25, 0.3) is 0 Å². The first-order valence-electron chi connectivity index (χ1n) is 8.23. The molecule has 2 saturated heterocycles. The number of non-ortho nitro benzene ring substituents is 1. The molecular formula is C16H23ClN4O2. The highest BCUT2D eigenvalue weighted by molar-refractivity contribution is 6.33. The van der Waals surface area contributed by atoms with Crippen LogP contribution in [0, 0.1) is 10.1 Å². The molecule has 0 bridgehead atoms. The molecule has 2 aliphatic rings. The van der Waals surface area contributed by atoms with Gasteiger partial charge in [0.15, 0.2) is 0 Å². The van der Waals surface area contributed by atoms with Crippen LogP contribution >= 0.6 is 11.6 Å². The van der Waals surface area contributed by atoms with Gasteiger partial charge in [-0.05, 0) is 19.0 Å². The number of hydrogen-bond acceptors (Lipinski definition) is 5. The van der Waals surface area contributed by atoms with Crippen LogP contribution in [0.1, 0.15) is 13.3 Å². The zero-order valence-corrected chi connectivity index (χ0v) is 14.2. The van der Waals surface area contributed by atoms with Gasteiger partial charge in [-0.2, -0.15) is 0 Å². The third-order valence-corrected chi connectivity index (χ3v) is 5.32. The van der Waals surface area contributed by atoms with Gasteiger partial charge in [0.25, 0.3) is 5.69 Å². The molecule has 126 valence electrons. The van der Waals surface area contributed by atoms with Gasteiger partial charge in [0.2, 0.25) is 0 Å². The molecule has 2 fully saturated rings. The van der Waals surface area contributed by atoms with Crippen molar-refractivity contribution in [2.45, 2.75) is 19.4 Å². The Kier molecular flexibility index (Phi) is 5.04. The van der Waals surface area contributed by atoms with Gasteiger partial charge in [0, 0.05) is 57.4 Å². The molecular weight excluding hydrogens is 316 g/mol.